The standard InChI is InChI=1S/C16H19N3O2/c1-3-21-15-8-4-6-13(10-15)12-17-18-16(20)11-14-7-5-9-19(14)2/h4-10,12H,3,11H2,1-2H3,(H,18,20)/b17-12-. The number of hydrogen-bond donors (Lipinski definition) is 1. The molecule has 0 fully saturated rings. The van der Waals surface area contributed by atoms with Crippen LogP contribution in [-0.2, 0) is 18.3 Å². The molecule has 1 aromatic carbocycles. The second-order valence-corrected chi connectivity index (χ2v) is 4.59. The van der Waals surface area contributed by atoms with Gasteiger partial charge in [0, 0.05) is 18.9 Å². The number of nitrogens with one attached hydrogen (secondary N) is 1. The summed E-state index contributed by atoms with van der Waals surface area (Å²) in [5.41, 5.74) is 4.34. The van der Waals surface area contributed by atoms with Crippen molar-refractivity contribution in [3.05, 3.63) is 53.9 Å². The molecule has 0 saturated heterocycles. The zero-order chi connectivity index (χ0) is 15.1. The van der Waals surface area contributed by atoms with Crippen molar-refractivity contribution in [2.75, 3.05) is 6.61 Å². The SMILES string of the molecule is CCOc1cccc(/C=N\NC(=O)Cc2cccn2C)c1. The number of aromatic nitrogens is 1. The molecule has 0 aliphatic heterocycles. The molecule has 0 spiro atoms. The van der Waals surface area contributed by atoms with Crippen molar-refractivity contribution < 1.29 is 9.53 Å². The van der Waals surface area contributed by atoms with Crippen LogP contribution in [0, 0.1) is 0 Å². The molecule has 0 radical (unpaired) electrons. The van der Waals surface area contributed by atoms with Crippen LogP contribution in [0.4, 0.5) is 0 Å². The van der Waals surface area contributed by atoms with Crippen LogP contribution in [0.1, 0.15) is 18.2 Å². The predicted molar refractivity (Wildman–Crippen MR) is 82.5 cm³/mol. The average Bonchev–Trinajstić information content (AvgIpc) is 2.85. The van der Waals surface area contributed by atoms with Gasteiger partial charge >= 0.3 is 0 Å². The monoisotopic (exact) mass is 285 g/mol. The van der Waals surface area contributed by atoms with Crippen LogP contribution in [0.5, 0.6) is 5.75 Å². The number of carbonyl (C=O) groups is 1. The van der Waals surface area contributed by atoms with Crippen LogP contribution >= 0.6 is 0 Å². The Hall–Kier alpha value is -2.56. The molecule has 21 heavy (non-hydrogen) atoms. The van der Waals surface area contributed by atoms with Gasteiger partial charge in [0.1, 0.15) is 5.75 Å². The highest BCUT2D eigenvalue weighted by atomic mass is 16.5. The summed E-state index contributed by atoms with van der Waals surface area (Å²) in [4.78, 5) is 11.8. The van der Waals surface area contributed by atoms with E-state index in [1.165, 1.54) is 0 Å². The largest absolute Gasteiger partial charge is 0.494 e. The van der Waals surface area contributed by atoms with Gasteiger partial charge in [-0.1, -0.05) is 12.1 Å². The Kier molecular flexibility index (Phi) is 5.15. The zero-order valence-corrected chi connectivity index (χ0v) is 12.2. The van der Waals surface area contributed by atoms with Crippen molar-refractivity contribution >= 4 is 12.1 Å². The molecule has 0 unspecified atom stereocenters. The van der Waals surface area contributed by atoms with Gasteiger partial charge in [0.25, 0.3) is 0 Å². The van der Waals surface area contributed by atoms with Crippen molar-refractivity contribution in [2.45, 2.75) is 13.3 Å². The fraction of sp³-hybridized carbons (Fsp3) is 0.250. The van der Waals surface area contributed by atoms with Crippen molar-refractivity contribution in [3.63, 3.8) is 0 Å². The lowest BCUT2D eigenvalue weighted by molar-refractivity contribution is -0.120. The minimum atomic E-state index is -0.144. The Morgan fingerprint density at radius 2 is 2.24 bits per heavy atom. The summed E-state index contributed by atoms with van der Waals surface area (Å²) in [5.74, 6) is 0.644. The van der Waals surface area contributed by atoms with Crippen LogP contribution in [0.2, 0.25) is 0 Å². The fourth-order valence-corrected chi connectivity index (χ4v) is 1.91. The first-order valence-electron chi connectivity index (χ1n) is 6.84. The maximum absolute atomic E-state index is 11.8. The lowest BCUT2D eigenvalue weighted by atomic mass is 10.2. The molecule has 0 aliphatic rings. The van der Waals surface area contributed by atoms with Gasteiger partial charge in [-0.15, -0.1) is 0 Å². The number of hydrogen-bond acceptors (Lipinski definition) is 3. The van der Waals surface area contributed by atoms with Gasteiger partial charge in [-0.2, -0.15) is 5.10 Å². The van der Waals surface area contributed by atoms with E-state index in [9.17, 15) is 4.79 Å². The molecular formula is C16H19N3O2. The third-order valence-electron chi connectivity index (χ3n) is 2.96. The average molecular weight is 285 g/mol. The maximum Gasteiger partial charge on any atom is 0.245 e. The number of aryl methyl sites for hydroxylation is 1. The number of ether oxygens (including phenoxy) is 1. The van der Waals surface area contributed by atoms with Gasteiger partial charge < -0.3 is 9.30 Å². The van der Waals surface area contributed by atoms with Crippen LogP contribution < -0.4 is 10.2 Å². The summed E-state index contributed by atoms with van der Waals surface area (Å²) in [7, 11) is 1.91. The van der Waals surface area contributed by atoms with E-state index in [2.05, 4.69) is 10.5 Å². The van der Waals surface area contributed by atoms with Crippen LogP contribution in [0.25, 0.3) is 0 Å². The number of rotatable bonds is 6. The first-order valence-corrected chi connectivity index (χ1v) is 6.84. The first kappa shape index (κ1) is 14.8. The molecule has 0 bridgehead atoms. The molecular weight excluding hydrogens is 266 g/mol. The fourth-order valence-electron chi connectivity index (χ4n) is 1.91. The second kappa shape index (κ2) is 7.28. The normalized spacial score (nSPS) is 10.8. The quantitative estimate of drug-likeness (QED) is 0.653. The van der Waals surface area contributed by atoms with Gasteiger partial charge in [0.15, 0.2) is 0 Å². The minimum Gasteiger partial charge on any atom is -0.494 e. The van der Waals surface area contributed by atoms with Crippen LogP contribution in [0.15, 0.2) is 47.7 Å². The molecule has 5 nitrogen and oxygen atoms in total. The van der Waals surface area contributed by atoms with E-state index in [0.717, 1.165) is 17.0 Å². The summed E-state index contributed by atoms with van der Waals surface area (Å²) in [6, 6.07) is 11.4. The lowest BCUT2D eigenvalue weighted by Gasteiger charge is -2.03. The van der Waals surface area contributed by atoms with Crippen LogP contribution in [-0.4, -0.2) is 23.3 Å². The summed E-state index contributed by atoms with van der Waals surface area (Å²) in [5, 5.41) is 3.96. The van der Waals surface area contributed by atoms with Crippen molar-refractivity contribution in [1.29, 1.82) is 0 Å². The first-order chi connectivity index (χ1) is 10.2. The maximum atomic E-state index is 11.8. The molecule has 110 valence electrons. The Bertz CT molecular complexity index is 632. The molecule has 1 aromatic heterocycles. The second-order valence-electron chi connectivity index (χ2n) is 4.59. The van der Waals surface area contributed by atoms with E-state index in [0.29, 0.717) is 13.0 Å². The molecule has 1 N–H and O–H groups in total. The third-order valence-corrected chi connectivity index (χ3v) is 2.96. The minimum absolute atomic E-state index is 0.144. The summed E-state index contributed by atoms with van der Waals surface area (Å²) >= 11 is 0. The van der Waals surface area contributed by atoms with Gasteiger partial charge in [0.2, 0.25) is 5.91 Å². The van der Waals surface area contributed by atoms with Crippen LogP contribution in [0.3, 0.4) is 0 Å². The lowest BCUT2D eigenvalue weighted by Crippen LogP contribution is -2.20. The Labute approximate surface area is 124 Å². The third kappa shape index (κ3) is 4.49. The molecule has 2 rings (SSSR count). The molecule has 0 saturated carbocycles. The predicted octanol–water partition coefficient (Wildman–Crippen LogP) is 2.12. The topological polar surface area (TPSA) is 55.6 Å². The summed E-state index contributed by atoms with van der Waals surface area (Å²) < 4.78 is 7.32. The number of amides is 1. The van der Waals surface area contributed by atoms with E-state index >= 15 is 0 Å². The Morgan fingerprint density at radius 3 is 2.95 bits per heavy atom. The zero-order valence-electron chi connectivity index (χ0n) is 12.2. The van der Waals surface area contributed by atoms with Gasteiger partial charge in [0.05, 0.1) is 19.2 Å². The highest BCUT2D eigenvalue weighted by molar-refractivity contribution is 5.83. The van der Waals surface area contributed by atoms with Crippen molar-refractivity contribution in [3.8, 4) is 5.75 Å². The van der Waals surface area contributed by atoms with E-state index in [1.807, 2.05) is 61.1 Å². The molecule has 5 heteroatoms. The van der Waals surface area contributed by atoms with Crippen molar-refractivity contribution in [2.24, 2.45) is 12.1 Å². The number of nitrogens with zero attached hydrogens (tertiary/aromatic N) is 2. The van der Waals surface area contributed by atoms with E-state index in [4.69, 9.17) is 4.74 Å². The highest BCUT2D eigenvalue weighted by Gasteiger charge is 2.04. The highest BCUT2D eigenvalue weighted by Crippen LogP contribution is 2.11. The van der Waals surface area contributed by atoms with Crippen molar-refractivity contribution in [1.82, 2.24) is 9.99 Å². The molecule has 0 aliphatic carbocycles. The smallest absolute Gasteiger partial charge is 0.245 e. The van der Waals surface area contributed by atoms with E-state index < -0.39 is 0 Å². The van der Waals surface area contributed by atoms with E-state index in [-0.39, 0.29) is 5.91 Å². The summed E-state index contributed by atoms with van der Waals surface area (Å²) in [6.45, 7) is 2.55. The van der Waals surface area contributed by atoms with Gasteiger partial charge in [-0.25, -0.2) is 5.43 Å². The molecule has 0 atom stereocenters. The number of hydrazone groups is 1. The number of benzene rings is 1. The molecule has 2 aromatic rings. The van der Waals surface area contributed by atoms with E-state index in [1.54, 1.807) is 6.21 Å². The molecule has 1 amide bonds. The van der Waals surface area contributed by atoms with Gasteiger partial charge in [-0.3, -0.25) is 4.79 Å². The van der Waals surface area contributed by atoms with Gasteiger partial charge in [-0.05, 0) is 36.8 Å². The number of carbonyl (C=O) groups excluding carboxylic acids is 1. The Morgan fingerprint density at radius 1 is 1.38 bits per heavy atom. The Balaban J connectivity index is 1.88. The summed E-state index contributed by atoms with van der Waals surface area (Å²) in [6.07, 6.45) is 3.82. The molecule has 1 heterocycles.